The van der Waals surface area contributed by atoms with E-state index in [0.29, 0.717) is 25.3 Å². The molecule has 0 heterocycles. The largest absolute Gasteiger partial charge is 0.506 e. The van der Waals surface area contributed by atoms with Gasteiger partial charge in [-0.2, -0.15) is 4.31 Å². The number of amides is 1. The lowest BCUT2D eigenvalue weighted by Gasteiger charge is -2.19. The first-order valence-electron chi connectivity index (χ1n) is 9.54. The van der Waals surface area contributed by atoms with E-state index < -0.39 is 15.9 Å². The Morgan fingerprint density at radius 2 is 1.72 bits per heavy atom. The molecule has 1 amide bonds. The fourth-order valence-corrected chi connectivity index (χ4v) is 4.18. The second-order valence-electron chi connectivity index (χ2n) is 6.78. The third-order valence-corrected chi connectivity index (χ3v) is 6.40. The number of hydrogen-bond acceptors (Lipinski definition) is 5. The van der Waals surface area contributed by atoms with E-state index in [1.54, 1.807) is 38.1 Å². The van der Waals surface area contributed by atoms with Gasteiger partial charge in [0, 0.05) is 18.7 Å². The molecular formula is C21H28N2O5S. The van der Waals surface area contributed by atoms with Crippen LogP contribution in [0.1, 0.15) is 43.6 Å². The average molecular weight is 421 g/mol. The molecule has 2 aromatic carbocycles. The third kappa shape index (κ3) is 5.79. The number of phenols is 1. The number of sulfonamides is 1. The minimum Gasteiger partial charge on any atom is -0.506 e. The maximum Gasteiger partial charge on any atom is 0.255 e. The van der Waals surface area contributed by atoms with E-state index in [1.807, 2.05) is 13.8 Å². The van der Waals surface area contributed by atoms with Crippen LogP contribution in [0, 0.1) is 0 Å². The minimum atomic E-state index is -3.70. The fourth-order valence-electron chi connectivity index (χ4n) is 2.70. The van der Waals surface area contributed by atoms with Crippen molar-refractivity contribution >= 4 is 21.6 Å². The van der Waals surface area contributed by atoms with Gasteiger partial charge in [0.2, 0.25) is 10.0 Å². The highest BCUT2D eigenvalue weighted by Crippen LogP contribution is 2.28. The van der Waals surface area contributed by atoms with Gasteiger partial charge in [-0.15, -0.1) is 0 Å². The van der Waals surface area contributed by atoms with Crippen LogP contribution < -0.4 is 5.32 Å². The molecule has 7 nitrogen and oxygen atoms in total. The number of phenolic OH excluding ortho intramolecular Hbond substituents is 1. The van der Waals surface area contributed by atoms with Crippen LogP contribution in [0.2, 0.25) is 0 Å². The van der Waals surface area contributed by atoms with E-state index in [2.05, 4.69) is 5.32 Å². The van der Waals surface area contributed by atoms with E-state index in [9.17, 15) is 18.3 Å². The summed E-state index contributed by atoms with van der Waals surface area (Å²) < 4.78 is 32.2. The first-order chi connectivity index (χ1) is 13.7. The number of carbonyl (C=O) groups is 1. The van der Waals surface area contributed by atoms with Crippen LogP contribution in [-0.2, 0) is 21.4 Å². The number of benzene rings is 2. The Labute approximate surface area is 172 Å². The van der Waals surface area contributed by atoms with Crippen LogP contribution in [0.4, 0.5) is 5.69 Å². The normalized spacial score (nSPS) is 11.8. The van der Waals surface area contributed by atoms with Gasteiger partial charge in [0.25, 0.3) is 5.91 Å². The van der Waals surface area contributed by atoms with Crippen molar-refractivity contribution in [1.82, 2.24) is 4.31 Å². The lowest BCUT2D eigenvalue weighted by molar-refractivity contribution is 0.0657. The summed E-state index contributed by atoms with van der Waals surface area (Å²) in [6.45, 7) is 8.50. The summed E-state index contributed by atoms with van der Waals surface area (Å²) in [6, 6.07) is 10.7. The van der Waals surface area contributed by atoms with Gasteiger partial charge in [0.1, 0.15) is 5.75 Å². The molecule has 29 heavy (non-hydrogen) atoms. The highest BCUT2D eigenvalue weighted by Gasteiger charge is 2.23. The number of rotatable bonds is 9. The van der Waals surface area contributed by atoms with E-state index in [-0.39, 0.29) is 22.4 Å². The van der Waals surface area contributed by atoms with Crippen LogP contribution in [0.3, 0.4) is 0 Å². The Balaban J connectivity index is 2.20. The summed E-state index contributed by atoms with van der Waals surface area (Å²) in [5.74, 6) is -0.659. The predicted molar refractivity (Wildman–Crippen MR) is 113 cm³/mol. The molecule has 0 saturated carbocycles. The number of carbonyl (C=O) groups excluding carboxylic acids is 1. The Morgan fingerprint density at radius 1 is 1.10 bits per heavy atom. The van der Waals surface area contributed by atoms with E-state index in [0.717, 1.165) is 5.56 Å². The van der Waals surface area contributed by atoms with Gasteiger partial charge in [-0.05, 0) is 49.7 Å². The second kappa shape index (κ2) is 9.87. The van der Waals surface area contributed by atoms with Gasteiger partial charge in [-0.3, -0.25) is 4.79 Å². The van der Waals surface area contributed by atoms with Gasteiger partial charge < -0.3 is 15.2 Å². The Hall–Kier alpha value is -2.42. The third-order valence-electron chi connectivity index (χ3n) is 4.36. The Kier molecular flexibility index (Phi) is 7.78. The zero-order valence-corrected chi connectivity index (χ0v) is 18.0. The van der Waals surface area contributed by atoms with Crippen LogP contribution in [0.5, 0.6) is 5.75 Å². The van der Waals surface area contributed by atoms with Crippen molar-refractivity contribution in [3.63, 3.8) is 0 Å². The maximum absolute atomic E-state index is 12.7. The molecular weight excluding hydrogens is 392 g/mol. The number of anilines is 1. The predicted octanol–water partition coefficient (Wildman–Crippen LogP) is 3.60. The first kappa shape index (κ1) is 22.9. The van der Waals surface area contributed by atoms with E-state index in [1.165, 1.54) is 22.5 Å². The standard InChI is InChI=1S/C21H28N2O5S/c1-5-23(6-2)29(26,27)18-11-12-20(24)19(13-18)22-21(25)17-9-7-16(8-10-17)14-28-15(3)4/h7-13,15,24H,5-6,14H2,1-4H3,(H,22,25). The van der Waals surface area contributed by atoms with E-state index >= 15 is 0 Å². The molecule has 0 unspecified atom stereocenters. The van der Waals surface area contributed by atoms with Crippen molar-refractivity contribution in [1.29, 1.82) is 0 Å². The number of ether oxygens (including phenoxy) is 1. The van der Waals surface area contributed by atoms with Crippen molar-refractivity contribution < 1.29 is 23.1 Å². The van der Waals surface area contributed by atoms with Gasteiger partial charge in [-0.25, -0.2) is 8.42 Å². The average Bonchev–Trinajstić information content (AvgIpc) is 2.69. The summed E-state index contributed by atoms with van der Waals surface area (Å²) in [4.78, 5) is 12.5. The number of nitrogens with one attached hydrogen (secondary N) is 1. The molecule has 0 fully saturated rings. The fraction of sp³-hybridized carbons (Fsp3) is 0.381. The van der Waals surface area contributed by atoms with E-state index in [4.69, 9.17) is 4.74 Å². The first-order valence-corrected chi connectivity index (χ1v) is 11.0. The molecule has 0 aliphatic rings. The van der Waals surface area contributed by atoms with Crippen molar-refractivity contribution in [2.75, 3.05) is 18.4 Å². The summed E-state index contributed by atoms with van der Waals surface area (Å²) in [5.41, 5.74) is 1.36. The Morgan fingerprint density at radius 3 is 2.28 bits per heavy atom. The molecule has 0 saturated heterocycles. The molecule has 2 aromatic rings. The molecule has 2 N–H and O–H groups in total. The van der Waals surface area contributed by atoms with Gasteiger partial charge >= 0.3 is 0 Å². The van der Waals surface area contributed by atoms with Crippen LogP contribution in [0.15, 0.2) is 47.4 Å². The topological polar surface area (TPSA) is 95.9 Å². The maximum atomic E-state index is 12.7. The van der Waals surface area contributed by atoms with Crippen molar-refractivity contribution in [3.05, 3.63) is 53.6 Å². The molecule has 0 bridgehead atoms. The van der Waals surface area contributed by atoms with Crippen LogP contribution >= 0.6 is 0 Å². The summed E-state index contributed by atoms with van der Waals surface area (Å²) >= 11 is 0. The molecule has 8 heteroatoms. The monoisotopic (exact) mass is 420 g/mol. The molecule has 0 aliphatic heterocycles. The summed E-state index contributed by atoms with van der Waals surface area (Å²) in [6.07, 6.45) is 0.112. The molecule has 158 valence electrons. The zero-order valence-electron chi connectivity index (χ0n) is 17.2. The van der Waals surface area contributed by atoms with Crippen molar-refractivity contribution in [3.8, 4) is 5.75 Å². The van der Waals surface area contributed by atoms with Crippen LogP contribution in [-0.4, -0.2) is 42.9 Å². The van der Waals surface area contributed by atoms with Crippen LogP contribution in [0.25, 0.3) is 0 Å². The van der Waals surface area contributed by atoms with Crippen molar-refractivity contribution in [2.45, 2.75) is 45.3 Å². The molecule has 2 rings (SSSR count). The molecule has 0 spiro atoms. The molecule has 0 aromatic heterocycles. The highest BCUT2D eigenvalue weighted by atomic mass is 32.2. The number of hydrogen-bond donors (Lipinski definition) is 2. The second-order valence-corrected chi connectivity index (χ2v) is 8.72. The summed E-state index contributed by atoms with van der Waals surface area (Å²) in [7, 11) is -3.70. The highest BCUT2D eigenvalue weighted by molar-refractivity contribution is 7.89. The van der Waals surface area contributed by atoms with Crippen molar-refractivity contribution in [2.24, 2.45) is 0 Å². The van der Waals surface area contributed by atoms with Gasteiger partial charge in [0.15, 0.2) is 0 Å². The lowest BCUT2D eigenvalue weighted by Crippen LogP contribution is -2.30. The molecule has 0 aliphatic carbocycles. The smallest absolute Gasteiger partial charge is 0.255 e. The number of aromatic hydroxyl groups is 1. The quantitative estimate of drug-likeness (QED) is 0.604. The SMILES string of the molecule is CCN(CC)S(=O)(=O)c1ccc(O)c(NC(=O)c2ccc(COC(C)C)cc2)c1. The lowest BCUT2D eigenvalue weighted by atomic mass is 10.1. The zero-order chi connectivity index (χ0) is 21.6. The van der Waals surface area contributed by atoms with Gasteiger partial charge in [0.05, 0.1) is 23.3 Å². The molecule has 0 radical (unpaired) electrons. The van der Waals surface area contributed by atoms with Gasteiger partial charge in [-0.1, -0.05) is 26.0 Å². The number of nitrogens with zero attached hydrogens (tertiary/aromatic N) is 1. The summed E-state index contributed by atoms with van der Waals surface area (Å²) in [5, 5.41) is 12.7. The minimum absolute atomic E-state index is 0.00971. The Bertz CT molecular complexity index is 936. The molecule has 0 atom stereocenters.